The summed E-state index contributed by atoms with van der Waals surface area (Å²) in [6.45, 7) is 5.89. The van der Waals surface area contributed by atoms with Gasteiger partial charge < -0.3 is 5.73 Å². The zero-order chi connectivity index (χ0) is 13.1. The number of nitrogens with two attached hydrogens (primary N) is 1. The van der Waals surface area contributed by atoms with Crippen LogP contribution in [0.2, 0.25) is 0 Å². The second-order valence-corrected chi connectivity index (χ2v) is 6.04. The van der Waals surface area contributed by atoms with Gasteiger partial charge in [-0.25, -0.2) is 0 Å². The zero-order valence-electron chi connectivity index (χ0n) is 11.7. The van der Waals surface area contributed by atoms with Crippen LogP contribution in [0.4, 0.5) is 0 Å². The lowest BCUT2D eigenvalue weighted by atomic mass is 10.0. The third-order valence-corrected chi connectivity index (χ3v) is 4.58. The molecule has 3 rings (SSSR count). The summed E-state index contributed by atoms with van der Waals surface area (Å²) in [7, 11) is 0. The summed E-state index contributed by atoms with van der Waals surface area (Å²) in [5.41, 5.74) is 7.44. The van der Waals surface area contributed by atoms with E-state index in [9.17, 15) is 0 Å². The summed E-state index contributed by atoms with van der Waals surface area (Å²) in [4.78, 5) is 5.20. The molecule has 0 spiro atoms. The van der Waals surface area contributed by atoms with Crippen LogP contribution in [0.3, 0.4) is 0 Å². The molecule has 1 atom stereocenters. The van der Waals surface area contributed by atoms with Gasteiger partial charge in [0.15, 0.2) is 0 Å². The van der Waals surface area contributed by atoms with Crippen LogP contribution < -0.4 is 5.73 Å². The molecule has 2 saturated heterocycles. The molecule has 2 fully saturated rings. The highest BCUT2D eigenvalue weighted by molar-refractivity contribution is 5.14. The monoisotopic (exact) mass is 259 g/mol. The molecule has 3 nitrogen and oxygen atoms in total. The second kappa shape index (κ2) is 6.04. The Bertz CT molecular complexity index is 384. The van der Waals surface area contributed by atoms with E-state index >= 15 is 0 Å². The first-order valence-corrected chi connectivity index (χ1v) is 7.57. The quantitative estimate of drug-likeness (QED) is 0.896. The van der Waals surface area contributed by atoms with Gasteiger partial charge in [-0.2, -0.15) is 0 Å². The van der Waals surface area contributed by atoms with E-state index in [4.69, 9.17) is 5.73 Å². The molecule has 2 N–H and O–H groups in total. The molecule has 19 heavy (non-hydrogen) atoms. The SMILES string of the molecule is NC1CCN(C2CCN(Cc3ccccc3)CC2)C1. The Morgan fingerprint density at radius 1 is 1.00 bits per heavy atom. The van der Waals surface area contributed by atoms with Gasteiger partial charge in [-0.05, 0) is 37.9 Å². The largest absolute Gasteiger partial charge is 0.326 e. The maximum atomic E-state index is 6.01. The van der Waals surface area contributed by atoms with Gasteiger partial charge >= 0.3 is 0 Å². The van der Waals surface area contributed by atoms with E-state index < -0.39 is 0 Å². The predicted octanol–water partition coefficient (Wildman–Crippen LogP) is 1.68. The molecule has 1 unspecified atom stereocenters. The van der Waals surface area contributed by atoms with E-state index in [0.29, 0.717) is 6.04 Å². The van der Waals surface area contributed by atoms with Crippen molar-refractivity contribution in [3.8, 4) is 0 Å². The van der Waals surface area contributed by atoms with Crippen LogP contribution in [0, 0.1) is 0 Å². The van der Waals surface area contributed by atoms with E-state index in [1.54, 1.807) is 0 Å². The molecule has 2 heterocycles. The number of rotatable bonds is 3. The van der Waals surface area contributed by atoms with Crippen LogP contribution in [-0.2, 0) is 6.54 Å². The van der Waals surface area contributed by atoms with Crippen LogP contribution in [0.1, 0.15) is 24.8 Å². The average Bonchev–Trinajstić information content (AvgIpc) is 2.87. The lowest BCUT2D eigenvalue weighted by Crippen LogP contribution is -2.44. The molecule has 3 heteroatoms. The van der Waals surface area contributed by atoms with Gasteiger partial charge in [0.1, 0.15) is 0 Å². The minimum absolute atomic E-state index is 0.419. The van der Waals surface area contributed by atoms with Crippen molar-refractivity contribution in [2.24, 2.45) is 5.73 Å². The Kier molecular flexibility index (Phi) is 4.16. The smallest absolute Gasteiger partial charge is 0.0233 e. The highest BCUT2D eigenvalue weighted by Gasteiger charge is 2.28. The molecule has 2 aliphatic rings. The molecular formula is C16H25N3. The van der Waals surface area contributed by atoms with Crippen LogP contribution in [0.25, 0.3) is 0 Å². The fraction of sp³-hybridized carbons (Fsp3) is 0.625. The number of hydrogen-bond donors (Lipinski definition) is 1. The van der Waals surface area contributed by atoms with Gasteiger partial charge in [-0.15, -0.1) is 0 Å². The standard InChI is InChI=1S/C16H25N3/c17-15-6-11-19(13-15)16-7-9-18(10-8-16)12-14-4-2-1-3-5-14/h1-5,15-16H,6-13,17H2. The number of piperidine rings is 1. The third kappa shape index (κ3) is 3.35. The first kappa shape index (κ1) is 13.1. The third-order valence-electron chi connectivity index (χ3n) is 4.58. The van der Waals surface area contributed by atoms with Crippen molar-refractivity contribution in [2.45, 2.75) is 37.9 Å². The Morgan fingerprint density at radius 2 is 1.74 bits per heavy atom. The van der Waals surface area contributed by atoms with Crippen LogP contribution >= 0.6 is 0 Å². The van der Waals surface area contributed by atoms with Crippen molar-refractivity contribution in [3.63, 3.8) is 0 Å². The van der Waals surface area contributed by atoms with E-state index in [1.165, 1.54) is 44.5 Å². The van der Waals surface area contributed by atoms with Crippen molar-refractivity contribution in [3.05, 3.63) is 35.9 Å². The molecule has 0 amide bonds. The van der Waals surface area contributed by atoms with Crippen LogP contribution in [-0.4, -0.2) is 48.1 Å². The first-order valence-electron chi connectivity index (χ1n) is 7.57. The predicted molar refractivity (Wildman–Crippen MR) is 78.9 cm³/mol. The number of benzene rings is 1. The lowest BCUT2D eigenvalue weighted by Gasteiger charge is -2.36. The molecule has 2 aliphatic heterocycles. The van der Waals surface area contributed by atoms with Gasteiger partial charge in [-0.1, -0.05) is 30.3 Å². The molecule has 0 bridgehead atoms. The van der Waals surface area contributed by atoms with Crippen molar-refractivity contribution in [1.82, 2.24) is 9.80 Å². The summed E-state index contributed by atoms with van der Waals surface area (Å²) >= 11 is 0. The van der Waals surface area contributed by atoms with Gasteiger partial charge in [0.05, 0.1) is 0 Å². The van der Waals surface area contributed by atoms with Gasteiger partial charge in [-0.3, -0.25) is 9.80 Å². The molecule has 0 radical (unpaired) electrons. The molecule has 0 aliphatic carbocycles. The summed E-state index contributed by atoms with van der Waals surface area (Å²) < 4.78 is 0. The second-order valence-electron chi connectivity index (χ2n) is 6.04. The number of nitrogens with zero attached hydrogens (tertiary/aromatic N) is 2. The minimum Gasteiger partial charge on any atom is -0.326 e. The van der Waals surface area contributed by atoms with Crippen molar-refractivity contribution >= 4 is 0 Å². The number of likely N-dealkylation sites (tertiary alicyclic amines) is 2. The van der Waals surface area contributed by atoms with Crippen molar-refractivity contribution in [1.29, 1.82) is 0 Å². The fourth-order valence-corrected chi connectivity index (χ4v) is 3.43. The molecule has 104 valence electrons. The normalized spacial score (nSPS) is 26.9. The minimum atomic E-state index is 0.419. The van der Waals surface area contributed by atoms with Crippen molar-refractivity contribution < 1.29 is 0 Å². The topological polar surface area (TPSA) is 32.5 Å². The maximum absolute atomic E-state index is 6.01. The maximum Gasteiger partial charge on any atom is 0.0233 e. The summed E-state index contributed by atoms with van der Waals surface area (Å²) in [6.07, 6.45) is 3.79. The Balaban J connectivity index is 1.47. The summed E-state index contributed by atoms with van der Waals surface area (Å²) in [5, 5.41) is 0. The molecule has 1 aromatic rings. The van der Waals surface area contributed by atoms with Gasteiger partial charge in [0, 0.05) is 31.7 Å². The highest BCUT2D eigenvalue weighted by Crippen LogP contribution is 2.21. The fourth-order valence-electron chi connectivity index (χ4n) is 3.43. The summed E-state index contributed by atoms with van der Waals surface area (Å²) in [5.74, 6) is 0. The Morgan fingerprint density at radius 3 is 2.37 bits per heavy atom. The number of hydrogen-bond acceptors (Lipinski definition) is 3. The highest BCUT2D eigenvalue weighted by atomic mass is 15.2. The van der Waals surface area contributed by atoms with E-state index in [2.05, 4.69) is 40.1 Å². The van der Waals surface area contributed by atoms with Gasteiger partial charge in [0.2, 0.25) is 0 Å². The molecular weight excluding hydrogens is 234 g/mol. The Labute approximate surface area is 116 Å². The molecule has 1 aromatic carbocycles. The van der Waals surface area contributed by atoms with Crippen molar-refractivity contribution in [2.75, 3.05) is 26.2 Å². The van der Waals surface area contributed by atoms with E-state index in [1.807, 2.05) is 0 Å². The molecule has 0 saturated carbocycles. The average molecular weight is 259 g/mol. The summed E-state index contributed by atoms with van der Waals surface area (Å²) in [6, 6.07) is 12.0. The lowest BCUT2D eigenvalue weighted by molar-refractivity contribution is 0.122. The Hall–Kier alpha value is -0.900. The van der Waals surface area contributed by atoms with Crippen LogP contribution in [0.15, 0.2) is 30.3 Å². The van der Waals surface area contributed by atoms with E-state index in [0.717, 1.165) is 19.1 Å². The van der Waals surface area contributed by atoms with E-state index in [-0.39, 0.29) is 0 Å². The van der Waals surface area contributed by atoms with Crippen LogP contribution in [0.5, 0.6) is 0 Å². The zero-order valence-corrected chi connectivity index (χ0v) is 11.7. The molecule has 0 aromatic heterocycles. The first-order chi connectivity index (χ1) is 9.31. The van der Waals surface area contributed by atoms with Gasteiger partial charge in [0.25, 0.3) is 0 Å².